The van der Waals surface area contributed by atoms with Crippen molar-refractivity contribution in [2.45, 2.75) is 23.6 Å². The molecule has 0 atom stereocenters. The average Bonchev–Trinajstić information content (AvgIpc) is 2.93. The second kappa shape index (κ2) is 12.0. The van der Waals surface area contributed by atoms with Crippen LogP contribution in [0.15, 0.2) is 101 Å². The molecule has 0 saturated carbocycles. The van der Waals surface area contributed by atoms with Gasteiger partial charge in [-0.15, -0.1) is 0 Å². The summed E-state index contributed by atoms with van der Waals surface area (Å²) in [7, 11) is -6.77. The van der Waals surface area contributed by atoms with E-state index >= 15 is 0 Å². The molecular weight excluding hydrogens is 569 g/mol. The minimum atomic E-state index is -4.23. The van der Waals surface area contributed by atoms with Crippen molar-refractivity contribution < 1.29 is 30.8 Å². The van der Waals surface area contributed by atoms with Crippen LogP contribution in [-0.4, -0.2) is 36.4 Å². The number of amides is 1. The zero-order valence-corrected chi connectivity index (χ0v) is 24.1. The Morgan fingerprint density at radius 3 is 2.00 bits per heavy atom. The van der Waals surface area contributed by atoms with Gasteiger partial charge in [-0.25, -0.2) is 21.2 Å². The molecule has 9 nitrogen and oxygen atoms in total. The Morgan fingerprint density at radius 2 is 1.39 bits per heavy atom. The Labute approximate surface area is 238 Å². The number of nitrogens with zero attached hydrogens (tertiary/aromatic N) is 1. The molecule has 0 radical (unpaired) electrons. The molecule has 214 valence electrons. The number of methoxy groups -OCH3 is 1. The maximum Gasteiger partial charge on any atom is 0.264 e. The standard InChI is InChI=1S/C29H28FN3O6S2/c1-20-4-11-24(12-5-20)33(41(37,38)26-13-7-22(30)8-14-26)19-29(34)31-23-9-15-25(16-10-23)40(35,36)32-27-18-21(2)6-17-28(27)39-3/h4-18,32H,19H2,1-3H3,(H,31,34). The number of hydrogen-bond acceptors (Lipinski definition) is 6. The Hall–Kier alpha value is -4.42. The van der Waals surface area contributed by atoms with E-state index in [2.05, 4.69) is 10.0 Å². The van der Waals surface area contributed by atoms with Gasteiger partial charge in [0.1, 0.15) is 18.1 Å². The van der Waals surface area contributed by atoms with Crippen molar-refractivity contribution in [3.05, 3.63) is 108 Å². The molecule has 0 aliphatic heterocycles. The fraction of sp³-hybridized carbons (Fsp3) is 0.138. The van der Waals surface area contributed by atoms with E-state index in [0.29, 0.717) is 5.75 Å². The highest BCUT2D eigenvalue weighted by Gasteiger charge is 2.27. The zero-order chi connectivity index (χ0) is 29.8. The van der Waals surface area contributed by atoms with Crippen LogP contribution in [0.2, 0.25) is 0 Å². The average molecular weight is 598 g/mol. The number of halogens is 1. The van der Waals surface area contributed by atoms with Crippen molar-refractivity contribution in [1.82, 2.24) is 0 Å². The first-order valence-electron chi connectivity index (χ1n) is 12.3. The summed E-state index contributed by atoms with van der Waals surface area (Å²) >= 11 is 0. The van der Waals surface area contributed by atoms with Gasteiger partial charge in [-0.3, -0.25) is 13.8 Å². The van der Waals surface area contributed by atoms with E-state index < -0.39 is 38.3 Å². The summed E-state index contributed by atoms with van der Waals surface area (Å²) in [5, 5.41) is 2.60. The Balaban J connectivity index is 1.53. The lowest BCUT2D eigenvalue weighted by atomic mass is 10.2. The molecule has 0 saturated heterocycles. The SMILES string of the molecule is COc1ccc(C)cc1NS(=O)(=O)c1ccc(NC(=O)CN(c2ccc(C)cc2)S(=O)(=O)c2ccc(F)cc2)cc1. The molecule has 0 unspecified atom stereocenters. The van der Waals surface area contributed by atoms with Gasteiger partial charge in [0, 0.05) is 5.69 Å². The summed E-state index contributed by atoms with van der Waals surface area (Å²) in [5.41, 5.74) is 2.51. The van der Waals surface area contributed by atoms with Crippen molar-refractivity contribution in [2.75, 3.05) is 28.0 Å². The van der Waals surface area contributed by atoms with E-state index in [1.807, 2.05) is 13.8 Å². The largest absolute Gasteiger partial charge is 0.495 e. The molecule has 2 N–H and O–H groups in total. The first-order valence-corrected chi connectivity index (χ1v) is 15.2. The van der Waals surface area contributed by atoms with E-state index in [9.17, 15) is 26.0 Å². The van der Waals surface area contributed by atoms with Crippen molar-refractivity contribution in [1.29, 1.82) is 0 Å². The van der Waals surface area contributed by atoms with Gasteiger partial charge in [0.05, 0.1) is 28.3 Å². The Kier molecular flexibility index (Phi) is 8.64. The normalized spacial score (nSPS) is 11.5. The minimum absolute atomic E-state index is 0.0563. The minimum Gasteiger partial charge on any atom is -0.495 e. The molecule has 0 bridgehead atoms. The van der Waals surface area contributed by atoms with E-state index in [1.54, 1.807) is 42.5 Å². The summed E-state index contributed by atoms with van der Waals surface area (Å²) in [5.74, 6) is -0.909. The maximum atomic E-state index is 13.4. The smallest absolute Gasteiger partial charge is 0.264 e. The van der Waals surface area contributed by atoms with Crippen LogP contribution in [0.25, 0.3) is 0 Å². The number of ether oxygens (including phenoxy) is 1. The number of sulfonamides is 2. The van der Waals surface area contributed by atoms with Crippen LogP contribution in [0.3, 0.4) is 0 Å². The van der Waals surface area contributed by atoms with Crippen molar-refractivity contribution in [2.24, 2.45) is 0 Å². The molecule has 0 heterocycles. The highest BCUT2D eigenvalue weighted by Crippen LogP contribution is 2.28. The third kappa shape index (κ3) is 7.02. The van der Waals surface area contributed by atoms with Gasteiger partial charge in [-0.2, -0.15) is 0 Å². The number of aryl methyl sites for hydroxylation is 2. The second-order valence-corrected chi connectivity index (χ2v) is 12.7. The number of nitrogens with one attached hydrogen (secondary N) is 2. The van der Waals surface area contributed by atoms with Gasteiger partial charge in [-0.1, -0.05) is 23.8 Å². The van der Waals surface area contributed by atoms with Crippen LogP contribution in [0.5, 0.6) is 5.75 Å². The summed E-state index contributed by atoms with van der Waals surface area (Å²) in [6.07, 6.45) is 0. The predicted octanol–water partition coefficient (Wildman–Crippen LogP) is 5.09. The van der Waals surface area contributed by atoms with Crippen LogP contribution in [0, 0.1) is 19.7 Å². The van der Waals surface area contributed by atoms with Crippen molar-refractivity contribution >= 4 is 43.0 Å². The van der Waals surface area contributed by atoms with Gasteiger partial charge in [0.15, 0.2) is 0 Å². The third-order valence-corrected chi connectivity index (χ3v) is 9.23. The van der Waals surface area contributed by atoms with E-state index in [1.165, 1.54) is 31.4 Å². The lowest BCUT2D eigenvalue weighted by molar-refractivity contribution is -0.114. The first kappa shape index (κ1) is 29.6. The number of hydrogen-bond donors (Lipinski definition) is 2. The van der Waals surface area contributed by atoms with E-state index in [0.717, 1.165) is 39.7 Å². The summed E-state index contributed by atoms with van der Waals surface area (Å²) in [6, 6.07) is 21.4. The van der Waals surface area contributed by atoms with Crippen LogP contribution in [-0.2, 0) is 24.8 Å². The Morgan fingerprint density at radius 1 is 0.805 bits per heavy atom. The van der Waals surface area contributed by atoms with Gasteiger partial charge in [0.2, 0.25) is 5.91 Å². The number of anilines is 3. The molecule has 41 heavy (non-hydrogen) atoms. The lowest BCUT2D eigenvalue weighted by Crippen LogP contribution is -2.38. The molecular formula is C29H28FN3O6S2. The fourth-order valence-corrected chi connectivity index (χ4v) is 6.40. The molecule has 12 heteroatoms. The highest BCUT2D eigenvalue weighted by molar-refractivity contribution is 7.93. The molecule has 4 rings (SSSR count). The molecule has 4 aromatic rings. The number of rotatable bonds is 10. The van der Waals surface area contributed by atoms with Crippen molar-refractivity contribution in [3.63, 3.8) is 0 Å². The molecule has 0 aromatic heterocycles. The molecule has 1 amide bonds. The van der Waals surface area contributed by atoms with Gasteiger partial charge in [0.25, 0.3) is 20.0 Å². The van der Waals surface area contributed by atoms with E-state index in [4.69, 9.17) is 4.74 Å². The first-order chi connectivity index (χ1) is 19.4. The fourth-order valence-electron chi connectivity index (χ4n) is 3.91. The van der Waals surface area contributed by atoms with Crippen LogP contribution >= 0.6 is 0 Å². The molecule has 0 aliphatic carbocycles. The summed E-state index contributed by atoms with van der Waals surface area (Å²) < 4.78 is 74.9. The van der Waals surface area contributed by atoms with Gasteiger partial charge < -0.3 is 10.1 Å². The molecule has 4 aromatic carbocycles. The zero-order valence-electron chi connectivity index (χ0n) is 22.5. The molecule has 0 spiro atoms. The highest BCUT2D eigenvalue weighted by atomic mass is 32.2. The summed E-state index contributed by atoms with van der Waals surface area (Å²) in [4.78, 5) is 12.8. The summed E-state index contributed by atoms with van der Waals surface area (Å²) in [6.45, 7) is 3.07. The quantitative estimate of drug-likeness (QED) is 0.263. The monoisotopic (exact) mass is 597 g/mol. The van der Waals surface area contributed by atoms with Crippen molar-refractivity contribution in [3.8, 4) is 5.75 Å². The second-order valence-electron chi connectivity index (χ2n) is 9.18. The Bertz CT molecular complexity index is 1760. The predicted molar refractivity (Wildman–Crippen MR) is 156 cm³/mol. The topological polar surface area (TPSA) is 122 Å². The number of carbonyl (C=O) groups excluding carboxylic acids is 1. The molecule has 0 fully saturated rings. The van der Waals surface area contributed by atoms with Crippen LogP contribution in [0.4, 0.5) is 21.5 Å². The molecule has 0 aliphatic rings. The van der Waals surface area contributed by atoms with Crippen LogP contribution in [0.1, 0.15) is 11.1 Å². The van der Waals surface area contributed by atoms with Gasteiger partial charge >= 0.3 is 0 Å². The third-order valence-electron chi connectivity index (χ3n) is 6.06. The number of benzene rings is 4. The lowest BCUT2D eigenvalue weighted by Gasteiger charge is -2.24. The number of carbonyl (C=O) groups is 1. The van der Waals surface area contributed by atoms with E-state index in [-0.39, 0.29) is 26.9 Å². The van der Waals surface area contributed by atoms with Gasteiger partial charge in [-0.05, 0) is 92.2 Å². The maximum absolute atomic E-state index is 13.4. The van der Waals surface area contributed by atoms with Crippen LogP contribution < -0.4 is 19.1 Å².